The van der Waals surface area contributed by atoms with E-state index in [0.717, 1.165) is 38.2 Å². The third-order valence-electron chi connectivity index (χ3n) is 3.45. The molecule has 7 heteroatoms. The molecule has 1 aromatic carbocycles. The number of aromatic nitrogens is 4. The van der Waals surface area contributed by atoms with E-state index in [-0.39, 0.29) is 5.95 Å². The molecule has 1 aliphatic rings. The van der Waals surface area contributed by atoms with Crippen LogP contribution in [0.4, 0.5) is 5.95 Å². The Labute approximate surface area is 117 Å². The van der Waals surface area contributed by atoms with Crippen LogP contribution in [0.15, 0.2) is 35.4 Å². The largest absolute Gasteiger partial charge is 0.331 e. The summed E-state index contributed by atoms with van der Waals surface area (Å²) in [4.78, 5) is 1.59. The van der Waals surface area contributed by atoms with Gasteiger partial charge in [0.15, 0.2) is 0 Å². The number of nitrogens with one attached hydrogen (secondary N) is 2. The van der Waals surface area contributed by atoms with Gasteiger partial charge in [-0.15, -0.1) is 5.21 Å². The monoisotopic (exact) mass is 271 g/mol. The predicted molar refractivity (Wildman–Crippen MR) is 74.7 cm³/mol. The lowest BCUT2D eigenvalue weighted by atomic mass is 10.1. The Morgan fingerprint density at radius 3 is 2.70 bits per heavy atom. The van der Waals surface area contributed by atoms with Crippen LogP contribution in [-0.2, 0) is 6.54 Å². The van der Waals surface area contributed by atoms with E-state index in [1.165, 1.54) is 5.56 Å². The van der Waals surface area contributed by atoms with Gasteiger partial charge in [0.2, 0.25) is 0 Å². The zero-order valence-corrected chi connectivity index (χ0v) is 11.2. The van der Waals surface area contributed by atoms with E-state index in [1.807, 2.05) is 0 Å². The average Bonchev–Trinajstić information content (AvgIpc) is 3.01. The van der Waals surface area contributed by atoms with Crippen LogP contribution >= 0.6 is 0 Å². The lowest BCUT2D eigenvalue weighted by molar-refractivity contribution is -0.914. The average molecular weight is 271 g/mol. The van der Waals surface area contributed by atoms with Crippen molar-refractivity contribution in [1.29, 1.82) is 0 Å². The second-order valence-electron chi connectivity index (χ2n) is 4.89. The zero-order valence-electron chi connectivity index (χ0n) is 11.2. The van der Waals surface area contributed by atoms with E-state index >= 15 is 0 Å². The highest BCUT2D eigenvalue weighted by Crippen LogP contribution is 2.10. The van der Waals surface area contributed by atoms with E-state index < -0.39 is 0 Å². The van der Waals surface area contributed by atoms with Gasteiger partial charge in [0.25, 0.3) is 0 Å². The van der Waals surface area contributed by atoms with Gasteiger partial charge in [0, 0.05) is 24.1 Å². The van der Waals surface area contributed by atoms with Crippen LogP contribution in [0.2, 0.25) is 0 Å². The van der Waals surface area contributed by atoms with Crippen molar-refractivity contribution in [2.45, 2.75) is 19.4 Å². The summed E-state index contributed by atoms with van der Waals surface area (Å²) in [6.45, 7) is 3.26. The molecule has 1 saturated heterocycles. The third kappa shape index (κ3) is 3.39. The van der Waals surface area contributed by atoms with Crippen LogP contribution in [-0.4, -0.2) is 39.4 Å². The molecule has 0 saturated carbocycles. The van der Waals surface area contributed by atoms with Crippen molar-refractivity contribution in [3.63, 3.8) is 0 Å². The molecule has 0 unspecified atom stereocenters. The van der Waals surface area contributed by atoms with Crippen LogP contribution < -0.4 is 4.90 Å². The van der Waals surface area contributed by atoms with Crippen LogP contribution in [0.1, 0.15) is 18.4 Å². The van der Waals surface area contributed by atoms with Gasteiger partial charge in [-0.3, -0.25) is 20.8 Å². The van der Waals surface area contributed by atoms with Crippen molar-refractivity contribution >= 4 is 11.7 Å². The van der Waals surface area contributed by atoms with E-state index in [9.17, 15) is 0 Å². The van der Waals surface area contributed by atoms with E-state index in [2.05, 4.69) is 61.5 Å². The lowest BCUT2D eigenvalue weighted by Crippen LogP contribution is -3.11. The molecule has 20 heavy (non-hydrogen) atoms. The van der Waals surface area contributed by atoms with Crippen LogP contribution in [0.3, 0.4) is 0 Å². The molecule has 0 atom stereocenters. The number of hydrogen-bond acceptors (Lipinski definition) is 4. The topological polar surface area (TPSA) is 85.4 Å². The summed E-state index contributed by atoms with van der Waals surface area (Å²) in [6, 6.07) is 10.6. The summed E-state index contributed by atoms with van der Waals surface area (Å²) in [5, 5.41) is 17.5. The highest BCUT2D eigenvalue weighted by atomic mass is 15.5. The third-order valence-corrected chi connectivity index (χ3v) is 3.45. The van der Waals surface area contributed by atoms with Crippen LogP contribution in [0.25, 0.3) is 5.43 Å². The number of benzene rings is 1. The molecule has 0 radical (unpaired) electrons. The first-order chi connectivity index (χ1) is 9.90. The number of quaternary nitrogens is 1. The van der Waals surface area contributed by atoms with Crippen molar-refractivity contribution in [2.75, 3.05) is 13.1 Å². The molecule has 104 valence electrons. The minimum absolute atomic E-state index is 0.288. The number of nitrogens with zero attached hydrogens (tertiary/aromatic N) is 5. The Kier molecular flexibility index (Phi) is 3.98. The molecule has 2 aromatic rings. The van der Waals surface area contributed by atoms with Crippen molar-refractivity contribution < 1.29 is 4.90 Å². The Hall–Kier alpha value is -2.28. The first-order valence-corrected chi connectivity index (χ1v) is 6.77. The highest BCUT2D eigenvalue weighted by molar-refractivity contribution is 5.85. The number of rotatable bonds is 4. The number of H-pyrrole nitrogens is 1. The summed E-state index contributed by atoms with van der Waals surface area (Å²) in [5.41, 5.74) is 6.47. The maximum absolute atomic E-state index is 4.21. The van der Waals surface area contributed by atoms with Crippen LogP contribution in [0, 0.1) is 0 Å². The summed E-state index contributed by atoms with van der Waals surface area (Å²) in [7, 11) is 0. The minimum atomic E-state index is 0.288. The number of hydrogen-bond donors (Lipinski definition) is 2. The fraction of sp³-hybridized carbons (Fsp3) is 0.385. The van der Waals surface area contributed by atoms with Gasteiger partial charge in [0.1, 0.15) is 6.54 Å². The Morgan fingerprint density at radius 2 is 2.00 bits per heavy atom. The molecule has 0 bridgehead atoms. The Morgan fingerprint density at radius 1 is 1.20 bits per heavy atom. The first-order valence-electron chi connectivity index (χ1n) is 6.77. The minimum Gasteiger partial charge on any atom is -0.331 e. The molecule has 1 fully saturated rings. The Balaban J connectivity index is 1.48. The fourth-order valence-electron chi connectivity index (χ4n) is 2.37. The van der Waals surface area contributed by atoms with Crippen molar-refractivity contribution in [3.05, 3.63) is 41.3 Å². The van der Waals surface area contributed by atoms with E-state index in [1.54, 1.807) is 4.90 Å². The second kappa shape index (κ2) is 6.25. The molecule has 0 spiro atoms. The Bertz CT molecular complexity index is 539. The summed E-state index contributed by atoms with van der Waals surface area (Å²) < 4.78 is 0. The molecular weight excluding hydrogens is 254 g/mol. The molecular formula is C13H17N7. The van der Waals surface area contributed by atoms with Gasteiger partial charge in [-0.2, -0.15) is 0 Å². The van der Waals surface area contributed by atoms with Gasteiger partial charge in [-0.1, -0.05) is 30.3 Å². The molecule has 2 N–H and O–H groups in total. The summed E-state index contributed by atoms with van der Waals surface area (Å²) >= 11 is 0. The standard InChI is InChI=1S/C13H16N7/c1-2-4-11(5-3-1)10-20-8-6-12(7-9-20)14-15-13-16-18-19-17-13/h1-5H,6-10H2,(H-,15,16,17,18,19)/q-1/p+1. The zero-order chi connectivity index (χ0) is 13.6. The lowest BCUT2D eigenvalue weighted by Gasteiger charge is -2.25. The number of aromatic amines is 1. The maximum atomic E-state index is 4.21. The van der Waals surface area contributed by atoms with Crippen molar-refractivity contribution in [1.82, 2.24) is 20.6 Å². The SMILES string of the molecule is c1ccc(C[NH+]2CCC(=N[N-]c3nn[nH]n3)CC2)cc1. The first kappa shape index (κ1) is 12.7. The molecule has 7 nitrogen and oxygen atoms in total. The number of tetrazole rings is 1. The van der Waals surface area contributed by atoms with Gasteiger partial charge in [-0.25, -0.2) is 5.10 Å². The molecule has 3 rings (SSSR count). The molecule has 0 amide bonds. The van der Waals surface area contributed by atoms with Gasteiger partial charge < -0.3 is 4.90 Å². The molecule has 1 aliphatic heterocycles. The van der Waals surface area contributed by atoms with Gasteiger partial charge in [-0.05, 0) is 0 Å². The summed E-state index contributed by atoms with van der Waals surface area (Å²) in [5.74, 6) is 0.288. The molecule has 2 heterocycles. The van der Waals surface area contributed by atoms with Gasteiger partial charge >= 0.3 is 0 Å². The highest BCUT2D eigenvalue weighted by Gasteiger charge is 2.18. The van der Waals surface area contributed by atoms with E-state index in [4.69, 9.17) is 0 Å². The fourth-order valence-corrected chi connectivity index (χ4v) is 2.37. The number of piperidine rings is 1. The maximum Gasteiger partial charge on any atom is 0.103 e. The normalized spacial score (nSPS) is 18.8. The smallest absolute Gasteiger partial charge is 0.103 e. The molecule has 1 aromatic heterocycles. The van der Waals surface area contributed by atoms with Crippen molar-refractivity contribution in [2.24, 2.45) is 5.10 Å². The van der Waals surface area contributed by atoms with Gasteiger partial charge in [0.05, 0.1) is 19.0 Å². The number of likely N-dealkylation sites (tertiary alicyclic amines) is 1. The van der Waals surface area contributed by atoms with E-state index in [0.29, 0.717) is 0 Å². The summed E-state index contributed by atoms with van der Waals surface area (Å²) in [6.07, 6.45) is 1.95. The van der Waals surface area contributed by atoms with Crippen LogP contribution in [0.5, 0.6) is 0 Å². The second-order valence-corrected chi connectivity index (χ2v) is 4.89. The molecule has 0 aliphatic carbocycles. The quantitative estimate of drug-likeness (QED) is 0.791. The van der Waals surface area contributed by atoms with Crippen molar-refractivity contribution in [3.8, 4) is 0 Å². The predicted octanol–water partition coefficient (Wildman–Crippen LogP) is 0.440.